The van der Waals surface area contributed by atoms with E-state index in [-0.39, 0.29) is 22.8 Å². The fourth-order valence-corrected chi connectivity index (χ4v) is 4.03. The number of ether oxygens (including phenoxy) is 3. The average molecular weight is 357 g/mol. The lowest BCUT2D eigenvalue weighted by molar-refractivity contribution is -0.124. The minimum atomic E-state index is -3.08. The van der Waals surface area contributed by atoms with Gasteiger partial charge in [0.2, 0.25) is 0 Å². The standard InChI is InChI=1S/C15H19NO7S/c1-21-11-3-4-12(13(7-11)22-2)15(18)23-8-14(17)16-10-5-6-24(19,20)9-10/h3-4,7,10H,5-6,8-9H2,1-2H3,(H,16,17)/t10-/m1/s1. The van der Waals surface area contributed by atoms with E-state index in [2.05, 4.69) is 5.32 Å². The molecular weight excluding hydrogens is 338 g/mol. The smallest absolute Gasteiger partial charge is 0.342 e. The molecule has 2 rings (SSSR count). The van der Waals surface area contributed by atoms with Crippen LogP contribution in [0.15, 0.2) is 18.2 Å². The van der Waals surface area contributed by atoms with Crippen molar-refractivity contribution in [1.29, 1.82) is 0 Å². The molecule has 1 fully saturated rings. The molecule has 132 valence electrons. The van der Waals surface area contributed by atoms with E-state index >= 15 is 0 Å². The Kier molecular flexibility index (Phi) is 5.66. The summed E-state index contributed by atoms with van der Waals surface area (Å²) in [5.41, 5.74) is 0.162. The highest BCUT2D eigenvalue weighted by Gasteiger charge is 2.29. The largest absolute Gasteiger partial charge is 0.497 e. The van der Waals surface area contributed by atoms with Gasteiger partial charge in [-0.15, -0.1) is 0 Å². The Bertz CT molecular complexity index is 729. The van der Waals surface area contributed by atoms with Crippen molar-refractivity contribution in [1.82, 2.24) is 5.32 Å². The molecule has 9 heteroatoms. The maximum atomic E-state index is 12.0. The maximum absolute atomic E-state index is 12.0. The number of nitrogens with one attached hydrogen (secondary N) is 1. The van der Waals surface area contributed by atoms with Gasteiger partial charge in [0.25, 0.3) is 5.91 Å². The van der Waals surface area contributed by atoms with E-state index in [4.69, 9.17) is 14.2 Å². The SMILES string of the molecule is COc1ccc(C(=O)OCC(=O)N[C@@H]2CCS(=O)(=O)C2)c(OC)c1. The number of rotatable bonds is 6. The van der Waals surface area contributed by atoms with E-state index in [0.29, 0.717) is 12.2 Å². The number of amides is 1. The molecule has 1 aliphatic rings. The summed E-state index contributed by atoms with van der Waals surface area (Å²) in [6.07, 6.45) is 0.369. The Morgan fingerprint density at radius 1 is 1.25 bits per heavy atom. The molecule has 8 nitrogen and oxygen atoms in total. The predicted octanol–water partition coefficient (Wildman–Crippen LogP) is 0.164. The number of hydrogen-bond donors (Lipinski definition) is 1. The maximum Gasteiger partial charge on any atom is 0.342 e. The van der Waals surface area contributed by atoms with Gasteiger partial charge in [-0.05, 0) is 18.6 Å². The molecule has 1 N–H and O–H groups in total. The number of hydrogen-bond acceptors (Lipinski definition) is 7. The summed E-state index contributed by atoms with van der Waals surface area (Å²) in [4.78, 5) is 23.8. The van der Waals surface area contributed by atoms with Crippen molar-refractivity contribution in [3.8, 4) is 11.5 Å². The molecule has 0 bridgehead atoms. The van der Waals surface area contributed by atoms with E-state index in [1.165, 1.54) is 26.4 Å². The molecule has 0 spiro atoms. The molecule has 1 heterocycles. The Morgan fingerprint density at radius 2 is 2.00 bits per heavy atom. The first-order valence-corrected chi connectivity index (χ1v) is 9.05. The van der Waals surface area contributed by atoms with Crippen LogP contribution >= 0.6 is 0 Å². The highest BCUT2D eigenvalue weighted by atomic mass is 32.2. The summed E-state index contributed by atoms with van der Waals surface area (Å²) < 4.78 is 37.8. The molecule has 1 aromatic rings. The van der Waals surface area contributed by atoms with Gasteiger partial charge in [-0.25, -0.2) is 13.2 Å². The molecule has 0 radical (unpaired) electrons. The third-order valence-electron chi connectivity index (χ3n) is 3.56. The topological polar surface area (TPSA) is 108 Å². The number of sulfone groups is 1. The lowest BCUT2D eigenvalue weighted by atomic mass is 10.2. The van der Waals surface area contributed by atoms with E-state index in [0.717, 1.165) is 0 Å². The van der Waals surface area contributed by atoms with Gasteiger partial charge in [-0.1, -0.05) is 0 Å². The zero-order valence-electron chi connectivity index (χ0n) is 13.4. The zero-order valence-corrected chi connectivity index (χ0v) is 14.2. The second kappa shape index (κ2) is 7.52. The van der Waals surface area contributed by atoms with Gasteiger partial charge in [0.15, 0.2) is 16.4 Å². The molecule has 0 saturated carbocycles. The molecule has 1 saturated heterocycles. The minimum absolute atomic E-state index is 0.0563. The number of carbonyl (C=O) groups is 2. The zero-order chi connectivity index (χ0) is 17.7. The monoisotopic (exact) mass is 357 g/mol. The van der Waals surface area contributed by atoms with Crippen LogP contribution in [0, 0.1) is 0 Å². The number of carbonyl (C=O) groups excluding carboxylic acids is 2. The molecule has 0 aliphatic carbocycles. The van der Waals surface area contributed by atoms with Gasteiger partial charge < -0.3 is 19.5 Å². The molecule has 1 atom stereocenters. The van der Waals surface area contributed by atoms with Crippen LogP contribution in [-0.2, 0) is 19.4 Å². The fourth-order valence-electron chi connectivity index (χ4n) is 2.35. The van der Waals surface area contributed by atoms with E-state index in [1.807, 2.05) is 0 Å². The van der Waals surface area contributed by atoms with Crippen LogP contribution in [0.5, 0.6) is 11.5 Å². The summed E-state index contributed by atoms with van der Waals surface area (Å²) in [5, 5.41) is 2.54. The van der Waals surface area contributed by atoms with Gasteiger partial charge in [0, 0.05) is 12.1 Å². The van der Waals surface area contributed by atoms with Crippen molar-refractivity contribution in [2.45, 2.75) is 12.5 Å². The second-order valence-corrected chi connectivity index (χ2v) is 7.54. The minimum Gasteiger partial charge on any atom is -0.497 e. The third-order valence-corrected chi connectivity index (χ3v) is 5.33. The van der Waals surface area contributed by atoms with Crippen molar-refractivity contribution >= 4 is 21.7 Å². The fraction of sp³-hybridized carbons (Fsp3) is 0.467. The Morgan fingerprint density at radius 3 is 2.58 bits per heavy atom. The highest BCUT2D eigenvalue weighted by molar-refractivity contribution is 7.91. The first-order valence-electron chi connectivity index (χ1n) is 7.23. The third kappa shape index (κ3) is 4.60. The van der Waals surface area contributed by atoms with Crippen LogP contribution < -0.4 is 14.8 Å². The van der Waals surface area contributed by atoms with Crippen LogP contribution in [0.1, 0.15) is 16.8 Å². The van der Waals surface area contributed by atoms with E-state index < -0.39 is 34.4 Å². The lowest BCUT2D eigenvalue weighted by Gasteiger charge is -2.12. The van der Waals surface area contributed by atoms with Crippen molar-refractivity contribution in [2.75, 3.05) is 32.3 Å². The Labute approximate surface area is 140 Å². The quantitative estimate of drug-likeness (QED) is 0.723. The molecule has 1 aliphatic heterocycles. The van der Waals surface area contributed by atoms with Gasteiger partial charge in [0.1, 0.15) is 17.1 Å². The number of methoxy groups -OCH3 is 2. The molecule has 0 unspecified atom stereocenters. The molecular formula is C15H19NO7S. The van der Waals surface area contributed by atoms with E-state index in [1.54, 1.807) is 6.07 Å². The van der Waals surface area contributed by atoms with Crippen LogP contribution in [0.4, 0.5) is 0 Å². The van der Waals surface area contributed by atoms with Gasteiger partial charge in [-0.3, -0.25) is 4.79 Å². The van der Waals surface area contributed by atoms with Gasteiger partial charge in [-0.2, -0.15) is 0 Å². The van der Waals surface area contributed by atoms with Gasteiger partial charge in [0.05, 0.1) is 25.7 Å². The molecule has 24 heavy (non-hydrogen) atoms. The highest BCUT2D eigenvalue weighted by Crippen LogP contribution is 2.25. The van der Waals surface area contributed by atoms with E-state index in [9.17, 15) is 18.0 Å². The molecule has 1 aromatic carbocycles. The normalized spacial score (nSPS) is 18.7. The summed E-state index contributed by atoms with van der Waals surface area (Å²) in [6, 6.07) is 4.14. The van der Waals surface area contributed by atoms with Crippen LogP contribution in [-0.4, -0.2) is 58.7 Å². The van der Waals surface area contributed by atoms with Crippen LogP contribution in [0.25, 0.3) is 0 Å². The first kappa shape index (κ1) is 18.1. The van der Waals surface area contributed by atoms with Crippen LogP contribution in [0.2, 0.25) is 0 Å². The summed E-state index contributed by atoms with van der Waals surface area (Å²) in [5.74, 6) is -0.508. The number of esters is 1. The Hall–Kier alpha value is -2.29. The number of benzene rings is 1. The van der Waals surface area contributed by atoms with Crippen LogP contribution in [0.3, 0.4) is 0 Å². The van der Waals surface area contributed by atoms with Crippen molar-refractivity contribution < 1.29 is 32.2 Å². The predicted molar refractivity (Wildman–Crippen MR) is 85.0 cm³/mol. The molecule has 0 aromatic heterocycles. The first-order chi connectivity index (χ1) is 11.3. The summed E-state index contributed by atoms with van der Waals surface area (Å²) in [6.45, 7) is -0.495. The lowest BCUT2D eigenvalue weighted by Crippen LogP contribution is -2.38. The van der Waals surface area contributed by atoms with Crippen molar-refractivity contribution in [3.63, 3.8) is 0 Å². The summed E-state index contributed by atoms with van der Waals surface area (Å²) >= 11 is 0. The second-order valence-electron chi connectivity index (χ2n) is 5.31. The average Bonchev–Trinajstić information content (AvgIpc) is 2.90. The van der Waals surface area contributed by atoms with Gasteiger partial charge >= 0.3 is 5.97 Å². The van der Waals surface area contributed by atoms with Crippen molar-refractivity contribution in [2.24, 2.45) is 0 Å². The molecule has 1 amide bonds. The van der Waals surface area contributed by atoms with Crippen molar-refractivity contribution in [3.05, 3.63) is 23.8 Å². The summed E-state index contributed by atoms with van der Waals surface area (Å²) in [7, 11) is -0.194. The Balaban J connectivity index is 1.90.